The molecular formula is C18H14O2S. The Hall–Kier alpha value is -2.39. The maximum Gasteiger partial charge on any atom is 0.338 e. The van der Waals surface area contributed by atoms with E-state index in [0.717, 1.165) is 16.7 Å². The molecule has 0 fully saturated rings. The summed E-state index contributed by atoms with van der Waals surface area (Å²) in [4.78, 5) is 13.2. The molecule has 0 unspecified atom stereocenters. The lowest BCUT2D eigenvalue weighted by atomic mass is 9.97. The number of hydrogen-bond acceptors (Lipinski definition) is 3. The van der Waals surface area contributed by atoms with Crippen molar-refractivity contribution in [1.82, 2.24) is 0 Å². The van der Waals surface area contributed by atoms with Gasteiger partial charge in [0, 0.05) is 4.88 Å². The highest BCUT2D eigenvalue weighted by molar-refractivity contribution is 7.13. The molecule has 3 rings (SSSR count). The van der Waals surface area contributed by atoms with Gasteiger partial charge in [0.1, 0.15) is 0 Å². The summed E-state index contributed by atoms with van der Waals surface area (Å²) in [6.45, 7) is 0. The third-order valence-corrected chi connectivity index (χ3v) is 4.23. The van der Waals surface area contributed by atoms with E-state index in [9.17, 15) is 4.79 Å². The van der Waals surface area contributed by atoms with Crippen LogP contribution in [0.4, 0.5) is 0 Å². The summed E-state index contributed by atoms with van der Waals surface area (Å²) in [6, 6.07) is 19.8. The van der Waals surface area contributed by atoms with Gasteiger partial charge >= 0.3 is 5.97 Å². The van der Waals surface area contributed by atoms with Crippen LogP contribution in [0.2, 0.25) is 0 Å². The summed E-state index contributed by atoms with van der Waals surface area (Å²) in [5.74, 6) is -0.313. The minimum absolute atomic E-state index is 0.313. The molecule has 3 heteroatoms. The van der Waals surface area contributed by atoms with E-state index in [2.05, 4.69) is 6.07 Å². The highest BCUT2D eigenvalue weighted by Gasteiger charge is 2.14. The fraction of sp³-hybridized carbons (Fsp3) is 0.0556. The maximum atomic E-state index is 12.0. The lowest BCUT2D eigenvalue weighted by Crippen LogP contribution is -2.03. The Kier molecular flexibility index (Phi) is 3.84. The fourth-order valence-corrected chi connectivity index (χ4v) is 3.01. The number of carbonyl (C=O) groups is 1. The topological polar surface area (TPSA) is 26.3 Å². The molecule has 0 aliphatic rings. The number of benzene rings is 2. The number of carbonyl (C=O) groups excluding carboxylic acids is 1. The molecule has 104 valence electrons. The zero-order valence-electron chi connectivity index (χ0n) is 11.6. The molecular weight excluding hydrogens is 280 g/mol. The van der Waals surface area contributed by atoms with Gasteiger partial charge in [0.15, 0.2) is 0 Å². The number of esters is 1. The van der Waals surface area contributed by atoms with E-state index in [4.69, 9.17) is 4.74 Å². The van der Waals surface area contributed by atoms with Crippen molar-refractivity contribution in [3.8, 4) is 21.6 Å². The summed E-state index contributed by atoms with van der Waals surface area (Å²) in [5, 5.41) is 2.05. The van der Waals surface area contributed by atoms with Gasteiger partial charge in [-0.25, -0.2) is 4.79 Å². The molecule has 0 radical (unpaired) electrons. The van der Waals surface area contributed by atoms with Gasteiger partial charge in [-0.1, -0.05) is 42.5 Å². The van der Waals surface area contributed by atoms with Crippen molar-refractivity contribution in [2.75, 3.05) is 7.11 Å². The second-order valence-corrected chi connectivity index (χ2v) is 5.54. The predicted octanol–water partition coefficient (Wildman–Crippen LogP) is 4.87. The molecule has 0 bridgehead atoms. The third-order valence-electron chi connectivity index (χ3n) is 3.32. The number of hydrogen-bond donors (Lipinski definition) is 0. The Labute approximate surface area is 127 Å². The van der Waals surface area contributed by atoms with Gasteiger partial charge in [-0.15, -0.1) is 11.3 Å². The predicted molar refractivity (Wildman–Crippen MR) is 86.5 cm³/mol. The Balaban J connectivity index is 2.17. The largest absolute Gasteiger partial charge is 0.465 e. The monoisotopic (exact) mass is 294 g/mol. The number of ether oxygens (including phenoxy) is 1. The SMILES string of the molecule is COC(=O)c1ccc(-c2cccs2)cc1-c1ccccc1. The molecule has 0 saturated heterocycles. The van der Waals surface area contributed by atoms with E-state index in [-0.39, 0.29) is 5.97 Å². The van der Waals surface area contributed by atoms with E-state index in [1.54, 1.807) is 11.3 Å². The first kappa shape index (κ1) is 13.6. The van der Waals surface area contributed by atoms with Crippen LogP contribution in [-0.2, 0) is 4.74 Å². The van der Waals surface area contributed by atoms with Crippen LogP contribution < -0.4 is 0 Å². The van der Waals surface area contributed by atoms with Crippen molar-refractivity contribution in [3.63, 3.8) is 0 Å². The first-order valence-corrected chi connectivity index (χ1v) is 7.49. The van der Waals surface area contributed by atoms with E-state index < -0.39 is 0 Å². The third kappa shape index (κ3) is 2.73. The quantitative estimate of drug-likeness (QED) is 0.644. The van der Waals surface area contributed by atoms with Crippen molar-refractivity contribution < 1.29 is 9.53 Å². The van der Waals surface area contributed by atoms with Gasteiger partial charge in [-0.05, 0) is 40.3 Å². The Morgan fingerprint density at radius 1 is 0.952 bits per heavy atom. The van der Waals surface area contributed by atoms with Crippen LogP contribution in [-0.4, -0.2) is 13.1 Å². The summed E-state index contributed by atoms with van der Waals surface area (Å²) in [6.07, 6.45) is 0. The maximum absolute atomic E-state index is 12.0. The molecule has 1 heterocycles. The van der Waals surface area contributed by atoms with Crippen molar-refractivity contribution in [1.29, 1.82) is 0 Å². The van der Waals surface area contributed by atoms with E-state index in [1.807, 2.05) is 60.0 Å². The first-order valence-electron chi connectivity index (χ1n) is 6.61. The molecule has 0 atom stereocenters. The van der Waals surface area contributed by atoms with Crippen LogP contribution in [0.1, 0.15) is 10.4 Å². The summed E-state index contributed by atoms with van der Waals surface area (Å²) in [5.41, 5.74) is 3.60. The van der Waals surface area contributed by atoms with Gasteiger partial charge in [0.25, 0.3) is 0 Å². The summed E-state index contributed by atoms with van der Waals surface area (Å²) in [7, 11) is 1.41. The summed E-state index contributed by atoms with van der Waals surface area (Å²) < 4.78 is 4.89. The molecule has 1 aromatic heterocycles. The van der Waals surface area contributed by atoms with Crippen LogP contribution in [0.5, 0.6) is 0 Å². The number of methoxy groups -OCH3 is 1. The van der Waals surface area contributed by atoms with Crippen LogP contribution >= 0.6 is 11.3 Å². The highest BCUT2D eigenvalue weighted by atomic mass is 32.1. The molecule has 0 spiro atoms. The zero-order chi connectivity index (χ0) is 14.7. The summed E-state index contributed by atoms with van der Waals surface area (Å²) >= 11 is 1.68. The van der Waals surface area contributed by atoms with Crippen LogP contribution in [0, 0.1) is 0 Å². The average Bonchev–Trinajstić information content (AvgIpc) is 3.09. The Bertz CT molecular complexity index is 746. The standard InChI is InChI=1S/C18H14O2S/c1-20-18(19)15-10-9-14(17-8-5-11-21-17)12-16(15)13-6-3-2-4-7-13/h2-12H,1H3. The lowest BCUT2D eigenvalue weighted by Gasteiger charge is -2.10. The second-order valence-electron chi connectivity index (χ2n) is 4.60. The first-order chi connectivity index (χ1) is 10.3. The van der Waals surface area contributed by atoms with Gasteiger partial charge in [0.2, 0.25) is 0 Å². The molecule has 3 aromatic rings. The van der Waals surface area contributed by atoms with Gasteiger partial charge in [-0.2, -0.15) is 0 Å². The Morgan fingerprint density at radius 3 is 2.43 bits per heavy atom. The van der Waals surface area contributed by atoms with Crippen LogP contribution in [0.25, 0.3) is 21.6 Å². The molecule has 0 N–H and O–H groups in total. The average molecular weight is 294 g/mol. The zero-order valence-corrected chi connectivity index (χ0v) is 12.4. The minimum Gasteiger partial charge on any atom is -0.465 e. The molecule has 0 aliphatic carbocycles. The highest BCUT2D eigenvalue weighted by Crippen LogP contribution is 2.32. The van der Waals surface area contributed by atoms with E-state index in [1.165, 1.54) is 12.0 Å². The molecule has 0 aliphatic heterocycles. The van der Waals surface area contributed by atoms with Crippen LogP contribution in [0.15, 0.2) is 66.0 Å². The van der Waals surface area contributed by atoms with Crippen molar-refractivity contribution in [2.24, 2.45) is 0 Å². The van der Waals surface area contributed by atoms with E-state index in [0.29, 0.717) is 5.56 Å². The molecule has 0 saturated carbocycles. The molecule has 21 heavy (non-hydrogen) atoms. The van der Waals surface area contributed by atoms with Crippen molar-refractivity contribution in [2.45, 2.75) is 0 Å². The normalized spacial score (nSPS) is 10.3. The fourth-order valence-electron chi connectivity index (χ4n) is 2.28. The van der Waals surface area contributed by atoms with Crippen molar-refractivity contribution in [3.05, 3.63) is 71.6 Å². The second kappa shape index (κ2) is 5.94. The smallest absolute Gasteiger partial charge is 0.338 e. The molecule has 0 amide bonds. The number of rotatable bonds is 3. The number of thiophene rings is 1. The lowest BCUT2D eigenvalue weighted by molar-refractivity contribution is 0.0601. The molecule has 2 nitrogen and oxygen atoms in total. The van der Waals surface area contributed by atoms with Crippen molar-refractivity contribution >= 4 is 17.3 Å². The van der Waals surface area contributed by atoms with E-state index >= 15 is 0 Å². The van der Waals surface area contributed by atoms with Crippen LogP contribution in [0.3, 0.4) is 0 Å². The molecule has 2 aromatic carbocycles. The minimum atomic E-state index is -0.313. The van der Waals surface area contributed by atoms with Gasteiger partial charge < -0.3 is 4.74 Å². The van der Waals surface area contributed by atoms with Gasteiger partial charge in [-0.3, -0.25) is 0 Å². The van der Waals surface area contributed by atoms with Gasteiger partial charge in [0.05, 0.1) is 12.7 Å². The Morgan fingerprint density at radius 2 is 1.76 bits per heavy atom.